The van der Waals surface area contributed by atoms with E-state index in [9.17, 15) is 0 Å². The summed E-state index contributed by atoms with van der Waals surface area (Å²) in [4.78, 5) is 7.07. The number of fused-ring (bicyclic) bond motifs is 3. The van der Waals surface area contributed by atoms with Crippen molar-refractivity contribution >= 4 is 39.5 Å². The van der Waals surface area contributed by atoms with Gasteiger partial charge in [0, 0.05) is 17.7 Å². The van der Waals surface area contributed by atoms with Gasteiger partial charge in [0.15, 0.2) is 5.84 Å². The molecule has 1 aromatic heterocycles. The highest BCUT2D eigenvalue weighted by Gasteiger charge is 2.32. The molecule has 2 aliphatic heterocycles. The van der Waals surface area contributed by atoms with Crippen molar-refractivity contribution in [3.8, 4) is 0 Å². The van der Waals surface area contributed by atoms with Gasteiger partial charge in [-0.3, -0.25) is 14.9 Å². The van der Waals surface area contributed by atoms with E-state index in [0.717, 1.165) is 30.3 Å². The van der Waals surface area contributed by atoms with Gasteiger partial charge in [0.2, 0.25) is 0 Å². The van der Waals surface area contributed by atoms with Crippen molar-refractivity contribution in [1.82, 2.24) is 5.01 Å². The Kier molecular flexibility index (Phi) is 3.39. The van der Waals surface area contributed by atoms with E-state index in [4.69, 9.17) is 21.7 Å². The number of hydrogen-bond acceptors (Lipinski definition) is 5. The summed E-state index contributed by atoms with van der Waals surface area (Å²) in [6.07, 6.45) is 0. The van der Waals surface area contributed by atoms with Crippen LogP contribution in [0.15, 0.2) is 45.8 Å². The van der Waals surface area contributed by atoms with E-state index < -0.39 is 0 Å². The highest BCUT2D eigenvalue weighted by atomic mass is 35.5. The molecule has 22 heavy (non-hydrogen) atoms. The molecule has 0 atom stereocenters. The summed E-state index contributed by atoms with van der Waals surface area (Å²) in [5.41, 5.74) is 3.07. The minimum atomic E-state index is 0.668. The van der Waals surface area contributed by atoms with Crippen LogP contribution in [0.5, 0.6) is 0 Å². The number of amidine groups is 1. The minimum absolute atomic E-state index is 0.668. The Bertz CT molecular complexity index is 780. The normalized spacial score (nSPS) is 16.8. The molecule has 4 nitrogen and oxygen atoms in total. The molecule has 0 radical (unpaired) electrons. The smallest absolute Gasteiger partial charge is 0.181 e. The molecule has 0 saturated heterocycles. The molecule has 0 amide bonds. The lowest BCUT2D eigenvalue weighted by Crippen LogP contribution is -2.34. The van der Waals surface area contributed by atoms with Crippen molar-refractivity contribution < 1.29 is 0 Å². The SMILES string of the molecule is CCN1CN2C(=N1)C(c1ccccc1Cl)=NCc1ccsc12. The van der Waals surface area contributed by atoms with Crippen LogP contribution in [0.2, 0.25) is 5.02 Å². The van der Waals surface area contributed by atoms with Gasteiger partial charge < -0.3 is 0 Å². The predicted octanol–water partition coefficient (Wildman–Crippen LogP) is 3.82. The van der Waals surface area contributed by atoms with Gasteiger partial charge in [-0.05, 0) is 24.4 Å². The van der Waals surface area contributed by atoms with E-state index in [1.54, 1.807) is 11.3 Å². The van der Waals surface area contributed by atoms with Crippen molar-refractivity contribution in [3.05, 3.63) is 51.9 Å². The molecule has 0 aliphatic carbocycles. The van der Waals surface area contributed by atoms with Crippen LogP contribution < -0.4 is 4.90 Å². The summed E-state index contributed by atoms with van der Waals surface area (Å²) in [5.74, 6) is 0.899. The molecule has 0 unspecified atom stereocenters. The van der Waals surface area contributed by atoms with E-state index in [1.165, 1.54) is 10.6 Å². The van der Waals surface area contributed by atoms with Crippen LogP contribution in [0.1, 0.15) is 18.1 Å². The lowest BCUT2D eigenvalue weighted by molar-refractivity contribution is 0.337. The first-order valence-corrected chi connectivity index (χ1v) is 8.51. The Hall–Kier alpha value is -1.85. The molecule has 112 valence electrons. The Balaban J connectivity index is 1.87. The molecule has 0 bridgehead atoms. The van der Waals surface area contributed by atoms with E-state index >= 15 is 0 Å². The minimum Gasteiger partial charge on any atom is -0.294 e. The summed E-state index contributed by atoms with van der Waals surface area (Å²) in [6, 6.07) is 9.98. The van der Waals surface area contributed by atoms with Gasteiger partial charge in [0.25, 0.3) is 0 Å². The molecule has 0 spiro atoms. The first-order chi connectivity index (χ1) is 10.8. The zero-order chi connectivity index (χ0) is 15.1. The molecule has 3 heterocycles. The Morgan fingerprint density at radius 1 is 1.27 bits per heavy atom. The fourth-order valence-corrected chi connectivity index (χ4v) is 3.88. The molecule has 0 saturated carbocycles. The Labute approximate surface area is 138 Å². The van der Waals surface area contributed by atoms with Gasteiger partial charge in [-0.15, -0.1) is 11.3 Å². The van der Waals surface area contributed by atoms with E-state index in [-0.39, 0.29) is 0 Å². The molecule has 6 heteroatoms. The molecule has 0 N–H and O–H groups in total. The number of thiophene rings is 1. The summed E-state index contributed by atoms with van der Waals surface area (Å²) >= 11 is 8.13. The maximum Gasteiger partial charge on any atom is 0.181 e. The molecule has 0 fully saturated rings. The number of rotatable bonds is 2. The number of hydrazone groups is 1. The van der Waals surface area contributed by atoms with Crippen molar-refractivity contribution in [2.45, 2.75) is 13.5 Å². The van der Waals surface area contributed by atoms with Gasteiger partial charge in [0.1, 0.15) is 17.4 Å². The zero-order valence-electron chi connectivity index (χ0n) is 12.2. The van der Waals surface area contributed by atoms with Crippen molar-refractivity contribution in [2.24, 2.45) is 10.1 Å². The van der Waals surface area contributed by atoms with Gasteiger partial charge in [0.05, 0.1) is 11.6 Å². The lowest BCUT2D eigenvalue weighted by Gasteiger charge is -2.19. The molecular formula is C16H15ClN4S. The van der Waals surface area contributed by atoms with Crippen LogP contribution in [-0.4, -0.2) is 29.8 Å². The summed E-state index contributed by atoms with van der Waals surface area (Å²) < 4.78 is 0. The topological polar surface area (TPSA) is 31.2 Å². The molecule has 2 aromatic rings. The Morgan fingerprint density at radius 3 is 2.95 bits per heavy atom. The third-order valence-electron chi connectivity index (χ3n) is 3.88. The maximum absolute atomic E-state index is 6.39. The molecular weight excluding hydrogens is 316 g/mol. The number of benzene rings is 1. The van der Waals surface area contributed by atoms with Crippen LogP contribution in [0, 0.1) is 0 Å². The quantitative estimate of drug-likeness (QED) is 0.838. The Morgan fingerprint density at radius 2 is 2.14 bits per heavy atom. The first-order valence-electron chi connectivity index (χ1n) is 7.25. The highest BCUT2D eigenvalue weighted by molar-refractivity contribution is 7.14. The van der Waals surface area contributed by atoms with Crippen molar-refractivity contribution in [2.75, 3.05) is 18.1 Å². The fraction of sp³-hybridized carbons (Fsp3) is 0.250. The molecule has 4 rings (SSSR count). The maximum atomic E-state index is 6.39. The standard InChI is InChI=1S/C16H15ClN4S/c1-2-20-10-21-15(19-20)14(12-5-3-4-6-13(12)17)18-9-11-7-8-22-16(11)21/h3-8H,2,9-10H2,1H3. The number of nitrogens with zero attached hydrogens (tertiary/aromatic N) is 4. The fourth-order valence-electron chi connectivity index (χ4n) is 2.73. The first kappa shape index (κ1) is 13.8. The van der Waals surface area contributed by atoms with Crippen molar-refractivity contribution in [1.29, 1.82) is 0 Å². The average molecular weight is 331 g/mol. The third kappa shape index (κ3) is 2.12. The third-order valence-corrected chi connectivity index (χ3v) is 5.19. The van der Waals surface area contributed by atoms with Gasteiger partial charge >= 0.3 is 0 Å². The number of halogens is 1. The monoisotopic (exact) mass is 330 g/mol. The summed E-state index contributed by atoms with van der Waals surface area (Å²) in [6.45, 7) is 4.42. The number of aliphatic imine (C=N–C) groups is 1. The molecule has 1 aromatic carbocycles. The second kappa shape index (κ2) is 5.41. The van der Waals surface area contributed by atoms with Gasteiger partial charge in [-0.2, -0.15) is 5.10 Å². The van der Waals surface area contributed by atoms with Crippen LogP contribution in [-0.2, 0) is 6.54 Å². The van der Waals surface area contributed by atoms with Gasteiger partial charge in [-0.1, -0.05) is 29.8 Å². The number of hydrogen-bond donors (Lipinski definition) is 0. The van der Waals surface area contributed by atoms with Crippen LogP contribution in [0.3, 0.4) is 0 Å². The van der Waals surface area contributed by atoms with Crippen LogP contribution >= 0.6 is 22.9 Å². The van der Waals surface area contributed by atoms with Crippen LogP contribution in [0.25, 0.3) is 0 Å². The summed E-state index contributed by atoms with van der Waals surface area (Å²) in [7, 11) is 0. The zero-order valence-corrected chi connectivity index (χ0v) is 13.7. The van der Waals surface area contributed by atoms with E-state index in [2.05, 4.69) is 28.3 Å². The lowest BCUT2D eigenvalue weighted by atomic mass is 10.1. The van der Waals surface area contributed by atoms with Crippen LogP contribution in [0.4, 0.5) is 5.00 Å². The highest BCUT2D eigenvalue weighted by Crippen LogP contribution is 2.34. The predicted molar refractivity (Wildman–Crippen MR) is 93.2 cm³/mol. The van der Waals surface area contributed by atoms with Crippen molar-refractivity contribution in [3.63, 3.8) is 0 Å². The number of anilines is 1. The second-order valence-electron chi connectivity index (χ2n) is 5.21. The average Bonchev–Trinajstić information content (AvgIpc) is 3.13. The van der Waals surface area contributed by atoms with E-state index in [0.29, 0.717) is 11.6 Å². The summed E-state index contributed by atoms with van der Waals surface area (Å²) in [5, 5.41) is 10.9. The van der Waals surface area contributed by atoms with Gasteiger partial charge in [-0.25, -0.2) is 0 Å². The second-order valence-corrected chi connectivity index (χ2v) is 6.51. The van der Waals surface area contributed by atoms with E-state index in [1.807, 2.05) is 24.3 Å². The molecule has 2 aliphatic rings. The largest absolute Gasteiger partial charge is 0.294 e.